The van der Waals surface area contributed by atoms with Gasteiger partial charge in [0.2, 0.25) is 0 Å². The van der Waals surface area contributed by atoms with E-state index in [1.807, 2.05) is 0 Å². The Bertz CT molecular complexity index is 908. The number of carbonyl (C=O) groups is 3. The van der Waals surface area contributed by atoms with Crippen LogP contribution in [0.3, 0.4) is 0 Å². The molecule has 0 saturated heterocycles. The molecule has 8 nitrogen and oxygen atoms in total. The lowest BCUT2D eigenvalue weighted by Gasteiger charge is -2.16. The third-order valence-electron chi connectivity index (χ3n) is 4.21. The number of nitrogens with zero attached hydrogens (tertiary/aromatic N) is 1. The van der Waals surface area contributed by atoms with Crippen molar-refractivity contribution in [3.05, 3.63) is 75.3 Å². The molecule has 146 valence electrons. The summed E-state index contributed by atoms with van der Waals surface area (Å²) < 4.78 is 5.05. The van der Waals surface area contributed by atoms with Crippen LogP contribution in [0, 0.1) is 10.1 Å². The molecule has 2 unspecified atom stereocenters. The lowest BCUT2D eigenvalue weighted by molar-refractivity contribution is -0.385. The van der Waals surface area contributed by atoms with E-state index in [1.165, 1.54) is 6.07 Å². The number of aliphatic carboxylic acids is 1. The third-order valence-corrected chi connectivity index (χ3v) is 4.21. The fourth-order valence-corrected chi connectivity index (χ4v) is 2.55. The van der Waals surface area contributed by atoms with Crippen LogP contribution < -0.4 is 0 Å². The smallest absolute Gasteiger partial charge is 0.325 e. The van der Waals surface area contributed by atoms with Crippen LogP contribution in [-0.2, 0) is 14.3 Å². The molecule has 0 aliphatic carbocycles. The number of ketones is 1. The third kappa shape index (κ3) is 4.59. The molecule has 2 aromatic rings. The number of nitro groups is 1. The molecular weight excluding hydrogens is 366 g/mol. The van der Waals surface area contributed by atoms with Gasteiger partial charge in [0.15, 0.2) is 11.7 Å². The Morgan fingerprint density at radius 1 is 1.11 bits per heavy atom. The zero-order chi connectivity index (χ0) is 20.8. The number of carboxylic acids is 1. The molecule has 2 atom stereocenters. The molecule has 0 bridgehead atoms. The van der Waals surface area contributed by atoms with Gasteiger partial charge in [-0.2, -0.15) is 0 Å². The highest BCUT2D eigenvalue weighted by molar-refractivity contribution is 6.09. The summed E-state index contributed by atoms with van der Waals surface area (Å²) in [4.78, 5) is 47.1. The molecule has 0 aliphatic rings. The van der Waals surface area contributed by atoms with Crippen LogP contribution in [0.15, 0.2) is 48.5 Å². The van der Waals surface area contributed by atoms with Gasteiger partial charge < -0.3 is 9.84 Å². The number of hydrogen-bond acceptors (Lipinski definition) is 6. The lowest BCUT2D eigenvalue weighted by atomic mass is 9.94. The van der Waals surface area contributed by atoms with Gasteiger partial charge in [0.1, 0.15) is 0 Å². The Hall–Kier alpha value is -3.55. The molecule has 1 N–H and O–H groups in total. The summed E-state index contributed by atoms with van der Waals surface area (Å²) in [6, 6.07) is 11.5. The Morgan fingerprint density at radius 2 is 1.75 bits per heavy atom. The highest BCUT2D eigenvalue weighted by Crippen LogP contribution is 2.30. The first-order chi connectivity index (χ1) is 13.3. The maximum absolute atomic E-state index is 12.5. The normalized spacial score (nSPS) is 12.6. The van der Waals surface area contributed by atoms with Crippen LogP contribution in [0.4, 0.5) is 5.69 Å². The van der Waals surface area contributed by atoms with Crippen molar-refractivity contribution in [3.63, 3.8) is 0 Å². The minimum atomic E-state index is -1.87. The van der Waals surface area contributed by atoms with Gasteiger partial charge >= 0.3 is 11.9 Å². The van der Waals surface area contributed by atoms with E-state index in [0.29, 0.717) is 12.0 Å². The molecule has 0 aliphatic heterocycles. The first-order valence-corrected chi connectivity index (χ1v) is 8.57. The number of benzene rings is 2. The second-order valence-corrected chi connectivity index (χ2v) is 6.15. The molecule has 8 heteroatoms. The SMILES string of the molecule is CCC(C)OC(=O)C(C(=O)O)c1ccc(C(=O)c2ccccc2)cc1[N+](=O)[O-]. The summed E-state index contributed by atoms with van der Waals surface area (Å²) in [5.41, 5.74) is -0.623. The van der Waals surface area contributed by atoms with Gasteiger partial charge in [-0.05, 0) is 19.4 Å². The summed E-state index contributed by atoms with van der Waals surface area (Å²) in [6.45, 7) is 3.34. The highest BCUT2D eigenvalue weighted by atomic mass is 16.6. The Balaban J connectivity index is 2.49. The van der Waals surface area contributed by atoms with Crippen molar-refractivity contribution in [2.75, 3.05) is 0 Å². The topological polar surface area (TPSA) is 124 Å². The maximum Gasteiger partial charge on any atom is 0.325 e. The molecule has 0 aromatic heterocycles. The zero-order valence-electron chi connectivity index (χ0n) is 15.3. The van der Waals surface area contributed by atoms with Gasteiger partial charge in [0.05, 0.1) is 16.6 Å². The van der Waals surface area contributed by atoms with Gasteiger partial charge in [-0.15, -0.1) is 0 Å². The molecule has 0 radical (unpaired) electrons. The van der Waals surface area contributed by atoms with Gasteiger partial charge in [0.25, 0.3) is 5.69 Å². The Morgan fingerprint density at radius 3 is 2.29 bits per heavy atom. The van der Waals surface area contributed by atoms with E-state index in [1.54, 1.807) is 44.2 Å². The second-order valence-electron chi connectivity index (χ2n) is 6.15. The van der Waals surface area contributed by atoms with Crippen LogP contribution in [0.1, 0.15) is 47.7 Å². The second kappa shape index (κ2) is 8.90. The molecule has 2 aromatic carbocycles. The minimum absolute atomic E-state index is 0.0149. The number of rotatable bonds is 8. The predicted molar refractivity (Wildman–Crippen MR) is 99.2 cm³/mol. The number of ether oxygens (including phenoxy) is 1. The monoisotopic (exact) mass is 385 g/mol. The lowest BCUT2D eigenvalue weighted by Crippen LogP contribution is -2.27. The summed E-state index contributed by atoms with van der Waals surface area (Å²) in [6.07, 6.45) is -0.0719. The number of carboxylic acid groups (broad SMARTS) is 1. The fraction of sp³-hybridized carbons (Fsp3) is 0.250. The van der Waals surface area contributed by atoms with Crippen LogP contribution >= 0.6 is 0 Å². The van der Waals surface area contributed by atoms with Crippen molar-refractivity contribution < 1.29 is 29.2 Å². The predicted octanol–water partition coefficient (Wildman–Crippen LogP) is 3.34. The van der Waals surface area contributed by atoms with E-state index >= 15 is 0 Å². The van der Waals surface area contributed by atoms with Gasteiger partial charge in [0, 0.05) is 17.2 Å². The average Bonchev–Trinajstić information content (AvgIpc) is 2.67. The quantitative estimate of drug-likeness (QED) is 0.243. The fourth-order valence-electron chi connectivity index (χ4n) is 2.55. The first kappa shape index (κ1) is 20.8. The summed E-state index contributed by atoms with van der Waals surface area (Å²) in [5, 5.41) is 21.0. The summed E-state index contributed by atoms with van der Waals surface area (Å²) >= 11 is 0. The standard InChI is InChI=1S/C20H19NO7/c1-3-12(2)28-20(25)17(19(23)24)15-10-9-14(11-16(15)21(26)27)18(22)13-7-5-4-6-8-13/h4-12,17H,3H2,1-2H3,(H,23,24). The number of nitro benzene ring substituents is 1. The minimum Gasteiger partial charge on any atom is -0.480 e. The number of esters is 1. The van der Waals surface area contributed by atoms with E-state index in [2.05, 4.69) is 0 Å². The molecule has 2 rings (SSSR count). The van der Waals surface area contributed by atoms with Crippen LogP contribution in [0.5, 0.6) is 0 Å². The number of hydrogen-bond donors (Lipinski definition) is 1. The molecule has 0 heterocycles. The summed E-state index contributed by atoms with van der Waals surface area (Å²) in [5.74, 6) is -4.98. The average molecular weight is 385 g/mol. The van der Waals surface area contributed by atoms with Gasteiger partial charge in [-0.3, -0.25) is 24.5 Å². The van der Waals surface area contributed by atoms with Gasteiger partial charge in [-0.1, -0.05) is 43.3 Å². The number of carbonyl (C=O) groups excluding carboxylic acids is 2. The van der Waals surface area contributed by atoms with Crippen molar-refractivity contribution in [1.82, 2.24) is 0 Å². The first-order valence-electron chi connectivity index (χ1n) is 8.57. The molecule has 0 amide bonds. The maximum atomic E-state index is 12.5. The molecule has 28 heavy (non-hydrogen) atoms. The van der Waals surface area contributed by atoms with Crippen molar-refractivity contribution in [2.45, 2.75) is 32.3 Å². The largest absolute Gasteiger partial charge is 0.480 e. The van der Waals surface area contributed by atoms with Crippen molar-refractivity contribution in [2.24, 2.45) is 0 Å². The van der Waals surface area contributed by atoms with E-state index < -0.39 is 40.4 Å². The van der Waals surface area contributed by atoms with E-state index in [9.17, 15) is 29.6 Å². The van der Waals surface area contributed by atoms with Crippen molar-refractivity contribution >= 4 is 23.4 Å². The van der Waals surface area contributed by atoms with Crippen LogP contribution in [0.2, 0.25) is 0 Å². The zero-order valence-corrected chi connectivity index (χ0v) is 15.3. The molecule has 0 saturated carbocycles. The Labute approximate surface area is 160 Å². The molecule has 0 spiro atoms. The highest BCUT2D eigenvalue weighted by Gasteiger charge is 2.36. The molecular formula is C20H19NO7. The Kier molecular flexibility index (Phi) is 6.59. The van der Waals surface area contributed by atoms with Crippen molar-refractivity contribution in [1.29, 1.82) is 0 Å². The molecule has 0 fully saturated rings. The van der Waals surface area contributed by atoms with E-state index in [0.717, 1.165) is 12.1 Å². The van der Waals surface area contributed by atoms with Gasteiger partial charge in [-0.25, -0.2) is 0 Å². The summed E-state index contributed by atoms with van der Waals surface area (Å²) in [7, 11) is 0. The van der Waals surface area contributed by atoms with E-state index in [-0.39, 0.29) is 11.1 Å². The van der Waals surface area contributed by atoms with Crippen LogP contribution in [0.25, 0.3) is 0 Å². The van der Waals surface area contributed by atoms with Crippen LogP contribution in [-0.4, -0.2) is 33.9 Å². The van der Waals surface area contributed by atoms with E-state index in [4.69, 9.17) is 4.74 Å². The van der Waals surface area contributed by atoms with Crippen molar-refractivity contribution in [3.8, 4) is 0 Å².